The lowest BCUT2D eigenvalue weighted by Gasteiger charge is -2.22. The molecule has 2 N–H and O–H groups in total. The molecule has 1 aliphatic heterocycles. The van der Waals surface area contributed by atoms with Gasteiger partial charge in [0.15, 0.2) is 0 Å². The van der Waals surface area contributed by atoms with Gasteiger partial charge in [-0.05, 0) is 49.7 Å². The Morgan fingerprint density at radius 1 is 1.35 bits per heavy atom. The third kappa shape index (κ3) is 3.57. The lowest BCUT2D eigenvalue weighted by Crippen LogP contribution is -2.37. The summed E-state index contributed by atoms with van der Waals surface area (Å²) in [4.78, 5) is 26.4. The number of aromatic amines is 1. The standard InChI is InChI=1S/C19H20FN5O/c20-13-6-7-15-16(10-13)24-19(23-15)17-5-3-9-25(17)12-18(26)22-11-14-4-1-2-8-21-14/h1-2,4,6-8,10,17H,3,5,9,11-12H2,(H,22,26)(H,23,24)/t17-/m0/s1. The minimum absolute atomic E-state index is 0.0373. The van der Waals surface area contributed by atoms with Gasteiger partial charge in [-0.25, -0.2) is 9.37 Å². The monoisotopic (exact) mass is 353 g/mol. The van der Waals surface area contributed by atoms with Gasteiger partial charge in [0, 0.05) is 6.20 Å². The van der Waals surface area contributed by atoms with Crippen LogP contribution in [0.15, 0.2) is 42.6 Å². The fraction of sp³-hybridized carbons (Fsp3) is 0.316. The van der Waals surface area contributed by atoms with Gasteiger partial charge in [0.2, 0.25) is 5.91 Å². The molecule has 1 aromatic carbocycles. The number of rotatable bonds is 5. The first-order chi connectivity index (χ1) is 12.7. The van der Waals surface area contributed by atoms with Gasteiger partial charge in [0.1, 0.15) is 11.6 Å². The van der Waals surface area contributed by atoms with E-state index in [1.165, 1.54) is 12.1 Å². The third-order valence-corrected chi connectivity index (χ3v) is 4.68. The average molecular weight is 353 g/mol. The van der Waals surface area contributed by atoms with Crippen molar-refractivity contribution in [2.24, 2.45) is 0 Å². The maximum absolute atomic E-state index is 13.4. The summed E-state index contributed by atoms with van der Waals surface area (Å²) in [5, 5.41) is 2.91. The van der Waals surface area contributed by atoms with Gasteiger partial charge >= 0.3 is 0 Å². The summed E-state index contributed by atoms with van der Waals surface area (Å²) in [6.07, 6.45) is 3.64. The number of H-pyrrole nitrogens is 1. The van der Waals surface area contributed by atoms with Gasteiger partial charge in [-0.2, -0.15) is 0 Å². The first-order valence-electron chi connectivity index (χ1n) is 8.75. The number of nitrogens with zero attached hydrogens (tertiary/aromatic N) is 3. The second-order valence-corrected chi connectivity index (χ2v) is 6.51. The van der Waals surface area contributed by atoms with Crippen molar-refractivity contribution in [3.8, 4) is 0 Å². The zero-order chi connectivity index (χ0) is 17.9. The lowest BCUT2D eigenvalue weighted by atomic mass is 10.2. The number of hydrogen-bond acceptors (Lipinski definition) is 4. The normalized spacial score (nSPS) is 17.7. The van der Waals surface area contributed by atoms with E-state index in [9.17, 15) is 9.18 Å². The molecule has 0 radical (unpaired) electrons. The molecule has 3 heterocycles. The lowest BCUT2D eigenvalue weighted by molar-refractivity contribution is -0.122. The smallest absolute Gasteiger partial charge is 0.234 e. The molecule has 3 aromatic rings. The van der Waals surface area contributed by atoms with Crippen molar-refractivity contribution in [1.82, 2.24) is 25.2 Å². The summed E-state index contributed by atoms with van der Waals surface area (Å²) in [6.45, 7) is 1.57. The van der Waals surface area contributed by atoms with Crippen LogP contribution in [-0.2, 0) is 11.3 Å². The van der Waals surface area contributed by atoms with Crippen molar-refractivity contribution < 1.29 is 9.18 Å². The number of fused-ring (bicyclic) bond motifs is 1. The molecule has 1 fully saturated rings. The topological polar surface area (TPSA) is 73.9 Å². The van der Waals surface area contributed by atoms with Crippen LogP contribution in [0.25, 0.3) is 11.0 Å². The van der Waals surface area contributed by atoms with Gasteiger partial charge in [-0.1, -0.05) is 6.07 Å². The molecule has 0 aliphatic carbocycles. The number of halogens is 1. The Kier molecular flexibility index (Phi) is 4.62. The van der Waals surface area contributed by atoms with Crippen LogP contribution in [0.2, 0.25) is 0 Å². The van der Waals surface area contributed by atoms with Crippen molar-refractivity contribution in [3.63, 3.8) is 0 Å². The summed E-state index contributed by atoms with van der Waals surface area (Å²) in [5.74, 6) is 0.468. The van der Waals surface area contributed by atoms with Crippen LogP contribution in [0.3, 0.4) is 0 Å². The summed E-state index contributed by atoms with van der Waals surface area (Å²) in [6, 6.07) is 10.2. The Labute approximate surface area is 150 Å². The molecule has 0 saturated carbocycles. The number of aromatic nitrogens is 3. The fourth-order valence-corrected chi connectivity index (χ4v) is 3.42. The second kappa shape index (κ2) is 7.21. The van der Waals surface area contributed by atoms with Crippen molar-refractivity contribution in [1.29, 1.82) is 0 Å². The average Bonchev–Trinajstić information content (AvgIpc) is 3.26. The molecule has 1 amide bonds. The van der Waals surface area contributed by atoms with E-state index in [0.717, 1.165) is 36.4 Å². The number of carbonyl (C=O) groups is 1. The molecule has 1 aliphatic rings. The molecule has 6 nitrogen and oxygen atoms in total. The van der Waals surface area contributed by atoms with Crippen molar-refractivity contribution in [2.45, 2.75) is 25.4 Å². The first-order valence-corrected chi connectivity index (χ1v) is 8.75. The van der Waals surface area contributed by atoms with E-state index in [0.29, 0.717) is 18.6 Å². The highest BCUT2D eigenvalue weighted by Crippen LogP contribution is 2.31. The number of likely N-dealkylation sites (tertiary alicyclic amines) is 1. The maximum Gasteiger partial charge on any atom is 0.234 e. The Hall–Kier alpha value is -2.80. The van der Waals surface area contributed by atoms with Crippen molar-refractivity contribution >= 4 is 16.9 Å². The molecule has 4 rings (SSSR count). The number of pyridine rings is 1. The van der Waals surface area contributed by atoms with Crippen LogP contribution in [0.4, 0.5) is 4.39 Å². The fourth-order valence-electron chi connectivity index (χ4n) is 3.42. The van der Waals surface area contributed by atoms with Crippen LogP contribution in [0, 0.1) is 5.82 Å². The summed E-state index contributed by atoms with van der Waals surface area (Å²) in [5.41, 5.74) is 2.26. The molecule has 0 bridgehead atoms. The summed E-state index contributed by atoms with van der Waals surface area (Å²) < 4.78 is 13.4. The van der Waals surface area contributed by atoms with E-state index in [2.05, 4.69) is 25.2 Å². The molecule has 0 unspecified atom stereocenters. The number of carbonyl (C=O) groups excluding carboxylic acids is 1. The second-order valence-electron chi connectivity index (χ2n) is 6.51. The molecule has 26 heavy (non-hydrogen) atoms. The van der Waals surface area contributed by atoms with E-state index in [4.69, 9.17) is 0 Å². The van der Waals surface area contributed by atoms with E-state index >= 15 is 0 Å². The molecule has 1 saturated heterocycles. The van der Waals surface area contributed by atoms with E-state index in [1.54, 1.807) is 12.3 Å². The minimum Gasteiger partial charge on any atom is -0.349 e. The minimum atomic E-state index is -0.287. The van der Waals surface area contributed by atoms with Crippen molar-refractivity contribution in [3.05, 3.63) is 59.9 Å². The molecule has 134 valence electrons. The Morgan fingerprint density at radius 3 is 3.12 bits per heavy atom. The summed E-state index contributed by atoms with van der Waals surface area (Å²) in [7, 11) is 0. The van der Waals surface area contributed by atoms with Crippen LogP contribution in [0.1, 0.15) is 30.4 Å². The largest absolute Gasteiger partial charge is 0.349 e. The summed E-state index contributed by atoms with van der Waals surface area (Å²) >= 11 is 0. The van der Waals surface area contributed by atoms with Crippen LogP contribution < -0.4 is 5.32 Å². The number of imidazole rings is 1. The van der Waals surface area contributed by atoms with Crippen LogP contribution in [0.5, 0.6) is 0 Å². The predicted molar refractivity (Wildman–Crippen MR) is 95.7 cm³/mol. The highest BCUT2D eigenvalue weighted by atomic mass is 19.1. The molecular weight excluding hydrogens is 333 g/mol. The number of nitrogens with one attached hydrogen (secondary N) is 2. The van der Waals surface area contributed by atoms with Crippen LogP contribution in [-0.4, -0.2) is 38.8 Å². The Balaban J connectivity index is 1.41. The van der Waals surface area contributed by atoms with Gasteiger partial charge in [0.25, 0.3) is 0 Å². The van der Waals surface area contributed by atoms with E-state index in [-0.39, 0.29) is 17.8 Å². The van der Waals surface area contributed by atoms with E-state index < -0.39 is 0 Å². The molecular formula is C19H20FN5O. The number of benzene rings is 1. The van der Waals surface area contributed by atoms with Gasteiger partial charge in [-0.15, -0.1) is 0 Å². The third-order valence-electron chi connectivity index (χ3n) is 4.68. The van der Waals surface area contributed by atoms with Gasteiger partial charge < -0.3 is 10.3 Å². The Morgan fingerprint density at radius 2 is 2.27 bits per heavy atom. The number of hydrogen-bond donors (Lipinski definition) is 2. The first kappa shape index (κ1) is 16.7. The van der Waals surface area contributed by atoms with Crippen LogP contribution >= 0.6 is 0 Å². The highest BCUT2D eigenvalue weighted by Gasteiger charge is 2.29. The zero-order valence-corrected chi connectivity index (χ0v) is 14.3. The zero-order valence-electron chi connectivity index (χ0n) is 14.3. The van der Waals surface area contributed by atoms with Gasteiger partial charge in [-0.3, -0.25) is 14.7 Å². The van der Waals surface area contributed by atoms with E-state index in [1.807, 2.05) is 18.2 Å². The molecule has 0 spiro atoms. The molecule has 1 atom stereocenters. The highest BCUT2D eigenvalue weighted by molar-refractivity contribution is 5.78. The maximum atomic E-state index is 13.4. The Bertz CT molecular complexity index is 911. The predicted octanol–water partition coefficient (Wildman–Crippen LogP) is 2.55. The number of amides is 1. The van der Waals surface area contributed by atoms with Crippen molar-refractivity contribution in [2.75, 3.05) is 13.1 Å². The SMILES string of the molecule is O=C(CN1CCC[C@H]1c1nc2ccc(F)cc2[nH]1)NCc1ccccn1. The van der Waals surface area contributed by atoms with Gasteiger partial charge in [0.05, 0.1) is 35.9 Å². The molecule has 2 aromatic heterocycles. The molecule has 7 heteroatoms. The quantitative estimate of drug-likeness (QED) is 0.739.